The van der Waals surface area contributed by atoms with Crippen molar-refractivity contribution in [3.05, 3.63) is 42.2 Å². The Morgan fingerprint density at radius 1 is 1.28 bits per heavy atom. The summed E-state index contributed by atoms with van der Waals surface area (Å²) in [4.78, 5) is 14.3. The van der Waals surface area contributed by atoms with Gasteiger partial charge in [0.25, 0.3) is 0 Å². The van der Waals surface area contributed by atoms with Crippen molar-refractivity contribution in [3.8, 4) is 5.69 Å². The molecule has 0 atom stereocenters. The van der Waals surface area contributed by atoms with Gasteiger partial charge < -0.3 is 19.9 Å². The van der Waals surface area contributed by atoms with E-state index in [2.05, 4.69) is 17.9 Å². The topological polar surface area (TPSA) is 60.5 Å². The molecule has 0 radical (unpaired) electrons. The Morgan fingerprint density at radius 2 is 2.04 bits per heavy atom. The lowest BCUT2D eigenvalue weighted by Crippen LogP contribution is -2.37. The maximum Gasteiger partial charge on any atom is 0.355 e. The summed E-state index contributed by atoms with van der Waals surface area (Å²) in [5, 5.41) is 0. The van der Waals surface area contributed by atoms with Gasteiger partial charge in [0.05, 0.1) is 18.5 Å². The SMILES string of the molecule is CCN(c1ccc(-n2cccc2C(=O)OC)cc1N)C1CCCCC1. The van der Waals surface area contributed by atoms with Crippen LogP contribution in [0.3, 0.4) is 0 Å². The van der Waals surface area contributed by atoms with Crippen molar-refractivity contribution >= 4 is 17.3 Å². The molecule has 5 nitrogen and oxygen atoms in total. The van der Waals surface area contributed by atoms with Gasteiger partial charge in [-0.3, -0.25) is 0 Å². The summed E-state index contributed by atoms with van der Waals surface area (Å²) in [6.45, 7) is 3.13. The fraction of sp³-hybridized carbons (Fsp3) is 0.450. The highest BCUT2D eigenvalue weighted by atomic mass is 16.5. The molecule has 3 rings (SSSR count). The first kappa shape index (κ1) is 17.4. The molecule has 0 aliphatic heterocycles. The van der Waals surface area contributed by atoms with Crippen LogP contribution in [0.25, 0.3) is 5.69 Å². The fourth-order valence-corrected chi connectivity index (χ4v) is 3.85. The lowest BCUT2D eigenvalue weighted by atomic mass is 9.93. The maximum atomic E-state index is 11.9. The van der Waals surface area contributed by atoms with Gasteiger partial charge in [0.2, 0.25) is 0 Å². The van der Waals surface area contributed by atoms with E-state index in [9.17, 15) is 4.79 Å². The van der Waals surface area contributed by atoms with Crippen molar-refractivity contribution in [2.45, 2.75) is 45.1 Å². The Hall–Kier alpha value is -2.43. The van der Waals surface area contributed by atoms with Crippen LogP contribution in [0.1, 0.15) is 49.5 Å². The van der Waals surface area contributed by atoms with E-state index in [0.29, 0.717) is 11.7 Å². The quantitative estimate of drug-likeness (QED) is 0.659. The van der Waals surface area contributed by atoms with Crippen LogP contribution in [0.5, 0.6) is 0 Å². The first-order chi connectivity index (χ1) is 12.2. The number of rotatable bonds is 5. The molecule has 134 valence electrons. The van der Waals surface area contributed by atoms with Crippen LogP contribution in [0, 0.1) is 0 Å². The summed E-state index contributed by atoms with van der Waals surface area (Å²) < 4.78 is 6.65. The number of anilines is 2. The molecule has 0 saturated heterocycles. The minimum absolute atomic E-state index is 0.356. The van der Waals surface area contributed by atoms with Crippen LogP contribution in [-0.4, -0.2) is 30.2 Å². The molecule has 5 heteroatoms. The molecule has 2 N–H and O–H groups in total. The summed E-state index contributed by atoms with van der Waals surface area (Å²) >= 11 is 0. The first-order valence-corrected chi connectivity index (χ1v) is 9.08. The molecular weight excluding hydrogens is 314 g/mol. The second kappa shape index (κ2) is 7.64. The Kier molecular flexibility index (Phi) is 5.31. The molecule has 1 fully saturated rings. The number of hydrogen-bond acceptors (Lipinski definition) is 4. The molecule has 0 bridgehead atoms. The minimum Gasteiger partial charge on any atom is -0.464 e. The highest BCUT2D eigenvalue weighted by Crippen LogP contribution is 2.32. The predicted octanol–water partition coefficient (Wildman–Crippen LogP) is 4.01. The third-order valence-electron chi connectivity index (χ3n) is 5.10. The molecule has 1 aliphatic rings. The number of esters is 1. The number of carbonyl (C=O) groups is 1. The van der Waals surface area contributed by atoms with Gasteiger partial charge in [-0.2, -0.15) is 0 Å². The third kappa shape index (κ3) is 3.50. The minimum atomic E-state index is -0.356. The first-order valence-electron chi connectivity index (χ1n) is 9.08. The second-order valence-corrected chi connectivity index (χ2v) is 6.58. The van der Waals surface area contributed by atoms with Crippen LogP contribution in [0.15, 0.2) is 36.5 Å². The van der Waals surface area contributed by atoms with Crippen LogP contribution in [-0.2, 0) is 4.74 Å². The molecule has 1 aliphatic carbocycles. The molecule has 1 aromatic carbocycles. The average Bonchev–Trinajstić information content (AvgIpc) is 3.13. The normalized spacial score (nSPS) is 15.1. The highest BCUT2D eigenvalue weighted by Gasteiger charge is 2.22. The van der Waals surface area contributed by atoms with Gasteiger partial charge >= 0.3 is 5.97 Å². The van der Waals surface area contributed by atoms with Crippen LogP contribution in [0.2, 0.25) is 0 Å². The zero-order chi connectivity index (χ0) is 17.8. The van der Waals surface area contributed by atoms with Crippen molar-refractivity contribution in [1.82, 2.24) is 4.57 Å². The third-order valence-corrected chi connectivity index (χ3v) is 5.10. The van der Waals surface area contributed by atoms with E-state index in [1.165, 1.54) is 39.2 Å². The molecule has 1 heterocycles. The summed E-state index contributed by atoms with van der Waals surface area (Å²) in [5.41, 5.74) is 9.59. The monoisotopic (exact) mass is 341 g/mol. The smallest absolute Gasteiger partial charge is 0.355 e. The summed E-state index contributed by atoms with van der Waals surface area (Å²) in [6, 6.07) is 10.2. The largest absolute Gasteiger partial charge is 0.464 e. The predicted molar refractivity (Wildman–Crippen MR) is 101 cm³/mol. The molecule has 0 amide bonds. The zero-order valence-electron chi connectivity index (χ0n) is 15.1. The molecule has 0 spiro atoms. The van der Waals surface area contributed by atoms with E-state index in [0.717, 1.165) is 23.6 Å². The van der Waals surface area contributed by atoms with Crippen molar-refractivity contribution < 1.29 is 9.53 Å². The van der Waals surface area contributed by atoms with Gasteiger partial charge in [-0.1, -0.05) is 19.3 Å². The number of nitrogen functional groups attached to an aromatic ring is 1. The van der Waals surface area contributed by atoms with Gasteiger partial charge in [-0.15, -0.1) is 0 Å². The number of aromatic nitrogens is 1. The van der Waals surface area contributed by atoms with Crippen molar-refractivity contribution in [3.63, 3.8) is 0 Å². The lowest BCUT2D eigenvalue weighted by molar-refractivity contribution is 0.0591. The van der Waals surface area contributed by atoms with E-state index in [1.807, 2.05) is 29.0 Å². The summed E-state index contributed by atoms with van der Waals surface area (Å²) in [5.74, 6) is -0.356. The van der Waals surface area contributed by atoms with Gasteiger partial charge in [-0.25, -0.2) is 4.79 Å². The Bertz CT molecular complexity index is 732. The van der Waals surface area contributed by atoms with E-state index >= 15 is 0 Å². The van der Waals surface area contributed by atoms with Crippen molar-refractivity contribution in [1.29, 1.82) is 0 Å². The lowest BCUT2D eigenvalue weighted by Gasteiger charge is -2.36. The van der Waals surface area contributed by atoms with Crippen molar-refractivity contribution in [2.75, 3.05) is 24.3 Å². The van der Waals surface area contributed by atoms with Gasteiger partial charge in [0.1, 0.15) is 5.69 Å². The Balaban J connectivity index is 1.90. The number of carbonyl (C=O) groups excluding carboxylic acids is 1. The van der Waals surface area contributed by atoms with E-state index in [1.54, 1.807) is 6.07 Å². The van der Waals surface area contributed by atoms with E-state index < -0.39 is 0 Å². The number of hydrogen-bond donors (Lipinski definition) is 1. The van der Waals surface area contributed by atoms with Gasteiger partial charge in [0.15, 0.2) is 0 Å². The Morgan fingerprint density at radius 3 is 2.68 bits per heavy atom. The molecule has 2 aromatic rings. The molecule has 25 heavy (non-hydrogen) atoms. The standard InChI is InChI=1S/C20H27N3O2/c1-3-22(15-8-5-4-6-9-15)18-12-11-16(14-17(18)21)23-13-7-10-19(23)20(24)25-2/h7,10-15H,3-6,8-9,21H2,1-2H3. The number of benzene rings is 1. The molecule has 1 aromatic heterocycles. The molecule has 1 saturated carbocycles. The van der Waals surface area contributed by atoms with Crippen LogP contribution >= 0.6 is 0 Å². The van der Waals surface area contributed by atoms with Crippen molar-refractivity contribution in [2.24, 2.45) is 0 Å². The van der Waals surface area contributed by atoms with Gasteiger partial charge in [-0.05, 0) is 50.1 Å². The summed E-state index contributed by atoms with van der Waals surface area (Å²) in [7, 11) is 1.39. The number of methoxy groups -OCH3 is 1. The van der Waals surface area contributed by atoms with Gasteiger partial charge in [0, 0.05) is 24.5 Å². The van der Waals surface area contributed by atoms with Crippen LogP contribution < -0.4 is 10.6 Å². The maximum absolute atomic E-state index is 11.9. The summed E-state index contributed by atoms with van der Waals surface area (Å²) in [6.07, 6.45) is 8.25. The number of nitrogens with zero attached hydrogens (tertiary/aromatic N) is 2. The van der Waals surface area contributed by atoms with E-state index in [-0.39, 0.29) is 5.97 Å². The van der Waals surface area contributed by atoms with Crippen LogP contribution in [0.4, 0.5) is 11.4 Å². The molecular formula is C20H27N3O2. The number of ether oxygens (including phenoxy) is 1. The fourth-order valence-electron chi connectivity index (χ4n) is 3.85. The van der Waals surface area contributed by atoms with E-state index in [4.69, 9.17) is 10.5 Å². The zero-order valence-corrected chi connectivity index (χ0v) is 15.1. The highest BCUT2D eigenvalue weighted by molar-refractivity contribution is 5.88. The second-order valence-electron chi connectivity index (χ2n) is 6.58. The Labute approximate surface area is 149 Å². The number of nitrogens with two attached hydrogens (primary N) is 1. The average molecular weight is 341 g/mol. The molecule has 0 unspecified atom stereocenters.